The van der Waals surface area contributed by atoms with Crippen molar-refractivity contribution in [2.24, 2.45) is 5.73 Å². The van der Waals surface area contributed by atoms with Crippen LogP contribution in [0.2, 0.25) is 0 Å². The van der Waals surface area contributed by atoms with E-state index in [0.717, 1.165) is 0 Å². The lowest BCUT2D eigenvalue weighted by atomic mass is 9.95. The van der Waals surface area contributed by atoms with Gasteiger partial charge in [0.05, 0.1) is 0 Å². The zero-order chi connectivity index (χ0) is 10.1. The van der Waals surface area contributed by atoms with Crippen LogP contribution >= 0.6 is 7.60 Å². The first-order valence-corrected chi connectivity index (χ1v) is 5.36. The first-order chi connectivity index (χ1) is 5.94. The molecule has 5 heteroatoms. The molecular weight excluding hydrogens is 189 g/mol. The predicted molar refractivity (Wildman–Crippen MR) is 51.2 cm³/mol. The van der Waals surface area contributed by atoms with Gasteiger partial charge in [0, 0.05) is 6.04 Å². The van der Waals surface area contributed by atoms with Crippen LogP contribution in [0, 0.1) is 0 Å². The highest BCUT2D eigenvalue weighted by Crippen LogP contribution is 2.54. The Morgan fingerprint density at radius 3 is 2.46 bits per heavy atom. The maximum atomic E-state index is 11.2. The molecule has 13 heavy (non-hydrogen) atoms. The van der Waals surface area contributed by atoms with E-state index in [4.69, 9.17) is 15.5 Å². The zero-order valence-electron chi connectivity index (χ0n) is 7.00. The minimum absolute atomic E-state index is 0.726. The highest BCUT2D eigenvalue weighted by Gasteiger charge is 2.46. The lowest BCUT2D eigenvalue weighted by Gasteiger charge is -2.33. The summed E-state index contributed by atoms with van der Waals surface area (Å²) in [6.07, 6.45) is 7.36. The fourth-order valence-corrected chi connectivity index (χ4v) is 2.27. The average Bonchev–Trinajstić information content (AvgIpc) is 2.03. The molecule has 0 spiro atoms. The first kappa shape index (κ1) is 10.4. The highest BCUT2D eigenvalue weighted by atomic mass is 31.2. The monoisotopic (exact) mass is 201 g/mol. The van der Waals surface area contributed by atoms with Crippen LogP contribution in [0.3, 0.4) is 0 Å². The number of allylic oxidation sites excluding steroid dienone is 2. The molecule has 1 aliphatic carbocycles. The smallest absolute Gasteiger partial charge is 0.324 e. The second-order valence-corrected chi connectivity index (χ2v) is 4.77. The fourth-order valence-electron chi connectivity index (χ4n) is 1.27. The van der Waals surface area contributed by atoms with Gasteiger partial charge >= 0.3 is 7.60 Å². The normalized spacial score (nSPS) is 33.3. The summed E-state index contributed by atoms with van der Waals surface area (Å²) in [4.78, 5) is 18.3. The van der Waals surface area contributed by atoms with Gasteiger partial charge in [-0.15, -0.1) is 6.58 Å². The number of rotatable bonds is 2. The van der Waals surface area contributed by atoms with Crippen LogP contribution in [0.4, 0.5) is 0 Å². The van der Waals surface area contributed by atoms with Crippen LogP contribution in [0.25, 0.3) is 0 Å². The van der Waals surface area contributed by atoms with Crippen molar-refractivity contribution in [3.8, 4) is 0 Å². The molecule has 0 saturated heterocycles. The summed E-state index contributed by atoms with van der Waals surface area (Å²) in [5, 5.41) is -1.44. The standard InChI is InChI=1S/C8H12NO3P/c1-2-8(13(10,11)12)6-4-3-5-7(8)9/h2-7H,1,9H2,(H2,10,11,12). The van der Waals surface area contributed by atoms with Gasteiger partial charge in [-0.2, -0.15) is 0 Å². The fraction of sp³-hybridized carbons (Fsp3) is 0.250. The first-order valence-electron chi connectivity index (χ1n) is 3.75. The zero-order valence-corrected chi connectivity index (χ0v) is 7.89. The van der Waals surface area contributed by atoms with E-state index in [1.54, 1.807) is 18.2 Å². The molecule has 4 nitrogen and oxygen atoms in total. The molecule has 0 saturated carbocycles. The minimum Gasteiger partial charge on any atom is -0.324 e. The van der Waals surface area contributed by atoms with Gasteiger partial charge in [-0.25, -0.2) is 0 Å². The van der Waals surface area contributed by atoms with Crippen molar-refractivity contribution in [2.75, 3.05) is 0 Å². The third-order valence-electron chi connectivity index (χ3n) is 2.16. The molecule has 0 heterocycles. The SMILES string of the molecule is C=CC1(P(=O)(O)O)C=CC=CC1N. The molecule has 2 atom stereocenters. The molecular formula is C8H12NO3P. The van der Waals surface area contributed by atoms with Crippen LogP contribution in [-0.2, 0) is 4.57 Å². The molecule has 0 aliphatic heterocycles. The van der Waals surface area contributed by atoms with Gasteiger partial charge in [-0.1, -0.05) is 30.4 Å². The Bertz CT molecular complexity index is 317. The van der Waals surface area contributed by atoms with Crippen molar-refractivity contribution in [1.29, 1.82) is 0 Å². The van der Waals surface area contributed by atoms with Gasteiger partial charge in [-0.05, 0) is 0 Å². The molecule has 72 valence electrons. The number of hydrogen-bond donors (Lipinski definition) is 3. The van der Waals surface area contributed by atoms with E-state index in [2.05, 4.69) is 6.58 Å². The maximum Gasteiger partial charge on any atom is 0.341 e. The van der Waals surface area contributed by atoms with E-state index in [0.29, 0.717) is 0 Å². The van der Waals surface area contributed by atoms with Crippen molar-refractivity contribution >= 4 is 7.60 Å². The molecule has 0 aromatic rings. The molecule has 2 unspecified atom stereocenters. The lowest BCUT2D eigenvalue weighted by Crippen LogP contribution is -2.44. The molecule has 0 aromatic heterocycles. The molecule has 0 radical (unpaired) electrons. The van der Waals surface area contributed by atoms with Crippen molar-refractivity contribution in [1.82, 2.24) is 0 Å². The van der Waals surface area contributed by atoms with E-state index in [-0.39, 0.29) is 0 Å². The Morgan fingerprint density at radius 2 is 2.15 bits per heavy atom. The number of nitrogens with two attached hydrogens (primary N) is 1. The minimum atomic E-state index is -4.31. The Balaban J connectivity index is 3.22. The highest BCUT2D eigenvalue weighted by molar-refractivity contribution is 7.54. The third-order valence-corrected chi connectivity index (χ3v) is 3.80. The summed E-state index contributed by atoms with van der Waals surface area (Å²) in [6.45, 7) is 3.42. The summed E-state index contributed by atoms with van der Waals surface area (Å²) < 4.78 is 11.2. The Labute approximate surface area is 76.6 Å². The number of hydrogen-bond acceptors (Lipinski definition) is 2. The summed E-state index contributed by atoms with van der Waals surface area (Å²) in [5.74, 6) is 0. The molecule has 0 aromatic carbocycles. The lowest BCUT2D eigenvalue weighted by molar-refractivity contribution is 0.346. The van der Waals surface area contributed by atoms with Crippen molar-refractivity contribution in [3.63, 3.8) is 0 Å². The summed E-state index contributed by atoms with van der Waals surface area (Å²) >= 11 is 0. The Morgan fingerprint density at radius 1 is 1.54 bits per heavy atom. The van der Waals surface area contributed by atoms with Crippen molar-refractivity contribution in [2.45, 2.75) is 11.2 Å². The van der Waals surface area contributed by atoms with Crippen LogP contribution in [0.15, 0.2) is 37.0 Å². The average molecular weight is 201 g/mol. The van der Waals surface area contributed by atoms with Crippen molar-refractivity contribution < 1.29 is 14.4 Å². The van der Waals surface area contributed by atoms with Gasteiger partial charge in [-0.3, -0.25) is 4.57 Å². The summed E-state index contributed by atoms with van der Waals surface area (Å²) in [6, 6.07) is -0.726. The summed E-state index contributed by atoms with van der Waals surface area (Å²) in [5.41, 5.74) is 5.61. The van der Waals surface area contributed by atoms with Crippen LogP contribution in [0.1, 0.15) is 0 Å². The summed E-state index contributed by atoms with van der Waals surface area (Å²) in [7, 11) is -4.31. The topological polar surface area (TPSA) is 83.5 Å². The van der Waals surface area contributed by atoms with E-state index >= 15 is 0 Å². The van der Waals surface area contributed by atoms with Crippen LogP contribution in [0.5, 0.6) is 0 Å². The molecule has 4 N–H and O–H groups in total. The van der Waals surface area contributed by atoms with Crippen LogP contribution < -0.4 is 5.73 Å². The van der Waals surface area contributed by atoms with Gasteiger partial charge in [0.25, 0.3) is 0 Å². The molecule has 1 aliphatic rings. The second-order valence-electron chi connectivity index (χ2n) is 2.91. The van der Waals surface area contributed by atoms with Gasteiger partial charge in [0.1, 0.15) is 5.16 Å². The molecule has 0 bridgehead atoms. The van der Waals surface area contributed by atoms with E-state index in [1.807, 2.05) is 0 Å². The van der Waals surface area contributed by atoms with Crippen LogP contribution in [-0.4, -0.2) is 21.0 Å². The Kier molecular flexibility index (Phi) is 2.59. The Hall–Kier alpha value is -0.670. The maximum absolute atomic E-state index is 11.2. The van der Waals surface area contributed by atoms with Gasteiger partial charge in [0.15, 0.2) is 0 Å². The van der Waals surface area contributed by atoms with Gasteiger partial charge < -0.3 is 15.5 Å². The predicted octanol–water partition coefficient (Wildman–Crippen LogP) is 0.542. The molecule has 0 amide bonds. The third kappa shape index (κ3) is 1.54. The van der Waals surface area contributed by atoms with E-state index < -0.39 is 18.8 Å². The molecule has 0 fully saturated rings. The van der Waals surface area contributed by atoms with E-state index in [9.17, 15) is 4.57 Å². The van der Waals surface area contributed by atoms with E-state index in [1.165, 1.54) is 12.2 Å². The quantitative estimate of drug-likeness (QED) is 0.449. The largest absolute Gasteiger partial charge is 0.341 e. The molecule has 1 rings (SSSR count). The van der Waals surface area contributed by atoms with Gasteiger partial charge in [0.2, 0.25) is 0 Å². The van der Waals surface area contributed by atoms with Crippen molar-refractivity contribution in [3.05, 3.63) is 37.0 Å². The second kappa shape index (κ2) is 3.24.